The second-order valence-electron chi connectivity index (χ2n) is 6.88. The van der Waals surface area contributed by atoms with E-state index in [1.807, 2.05) is 31.3 Å². The molecular formula is C21H26N4O2. The Bertz CT molecular complexity index is 835. The molecule has 0 aliphatic heterocycles. The molecule has 0 spiro atoms. The topological polar surface area (TPSA) is 83.1 Å². The van der Waals surface area contributed by atoms with Gasteiger partial charge in [0.25, 0.3) is 5.91 Å². The van der Waals surface area contributed by atoms with E-state index in [1.54, 1.807) is 13.2 Å². The molecule has 142 valence electrons. The minimum atomic E-state index is -0.0484. The zero-order valence-electron chi connectivity index (χ0n) is 15.8. The summed E-state index contributed by atoms with van der Waals surface area (Å²) in [5, 5.41) is 8.51. The summed E-state index contributed by atoms with van der Waals surface area (Å²) in [5.41, 5.74) is 4.44. The molecule has 3 rings (SSSR count). The van der Waals surface area contributed by atoms with Gasteiger partial charge in [0.2, 0.25) is 5.91 Å². The normalized spacial score (nSPS) is 15.7. The standard InChI is InChI=1S/C21H26N4O2/c1-22-9-8-20(26)25-19-13-17(7-10-24-19)15-3-4-16-12-18(21(27)23-2)6-5-14(16)11-15/h5-7,10,12-13,15,22H,3-4,8-9,11H2,1-2H3,(H,23,27)(H,24,25,26). The van der Waals surface area contributed by atoms with Crippen LogP contribution in [0.4, 0.5) is 5.82 Å². The van der Waals surface area contributed by atoms with Crippen molar-refractivity contribution in [2.45, 2.75) is 31.6 Å². The quantitative estimate of drug-likeness (QED) is 0.732. The third kappa shape index (κ3) is 4.71. The number of carbonyl (C=O) groups is 2. The van der Waals surface area contributed by atoms with Crippen molar-refractivity contribution in [2.75, 3.05) is 26.0 Å². The predicted molar refractivity (Wildman–Crippen MR) is 106 cm³/mol. The van der Waals surface area contributed by atoms with Crippen LogP contribution in [-0.2, 0) is 17.6 Å². The number of rotatable bonds is 6. The van der Waals surface area contributed by atoms with E-state index in [-0.39, 0.29) is 11.8 Å². The average Bonchev–Trinajstić information content (AvgIpc) is 2.71. The lowest BCUT2D eigenvalue weighted by atomic mass is 9.80. The highest BCUT2D eigenvalue weighted by Crippen LogP contribution is 2.33. The first-order valence-corrected chi connectivity index (χ1v) is 9.35. The molecule has 1 aromatic carbocycles. The van der Waals surface area contributed by atoms with Crippen LogP contribution in [-0.4, -0.2) is 37.4 Å². The molecule has 0 saturated carbocycles. The number of nitrogens with zero attached hydrogens (tertiary/aromatic N) is 1. The van der Waals surface area contributed by atoms with Crippen LogP contribution >= 0.6 is 0 Å². The van der Waals surface area contributed by atoms with E-state index in [9.17, 15) is 9.59 Å². The third-order valence-electron chi connectivity index (χ3n) is 5.05. The SMILES string of the molecule is CNCCC(=O)Nc1cc(C2CCc3cc(C(=O)NC)ccc3C2)ccn1. The number of carbonyl (C=O) groups excluding carboxylic acids is 2. The molecule has 27 heavy (non-hydrogen) atoms. The summed E-state index contributed by atoms with van der Waals surface area (Å²) < 4.78 is 0. The number of anilines is 1. The molecule has 0 saturated heterocycles. The van der Waals surface area contributed by atoms with Crippen molar-refractivity contribution < 1.29 is 9.59 Å². The van der Waals surface area contributed by atoms with Crippen molar-refractivity contribution in [3.05, 3.63) is 58.8 Å². The van der Waals surface area contributed by atoms with Gasteiger partial charge in [0.05, 0.1) is 0 Å². The molecule has 2 aromatic rings. The molecule has 0 fully saturated rings. The molecule has 1 atom stereocenters. The Kier molecular flexibility index (Phi) is 6.19. The van der Waals surface area contributed by atoms with Crippen molar-refractivity contribution in [3.63, 3.8) is 0 Å². The van der Waals surface area contributed by atoms with Gasteiger partial charge in [0, 0.05) is 31.8 Å². The molecule has 1 heterocycles. The zero-order valence-corrected chi connectivity index (χ0v) is 15.8. The first-order valence-electron chi connectivity index (χ1n) is 9.35. The van der Waals surface area contributed by atoms with Gasteiger partial charge in [0.15, 0.2) is 0 Å². The Morgan fingerprint density at radius 3 is 2.78 bits per heavy atom. The molecule has 6 heteroatoms. The second-order valence-corrected chi connectivity index (χ2v) is 6.88. The number of pyridine rings is 1. The smallest absolute Gasteiger partial charge is 0.251 e. The maximum atomic E-state index is 11.9. The van der Waals surface area contributed by atoms with E-state index in [2.05, 4.69) is 27.0 Å². The van der Waals surface area contributed by atoms with E-state index in [0.29, 0.717) is 30.3 Å². The molecule has 1 aliphatic carbocycles. The second kappa shape index (κ2) is 8.77. The van der Waals surface area contributed by atoms with Gasteiger partial charge in [-0.25, -0.2) is 4.98 Å². The van der Waals surface area contributed by atoms with Gasteiger partial charge in [-0.1, -0.05) is 6.07 Å². The summed E-state index contributed by atoms with van der Waals surface area (Å²) in [6.07, 6.45) is 5.07. The van der Waals surface area contributed by atoms with Gasteiger partial charge >= 0.3 is 0 Å². The Hall–Kier alpha value is -2.73. The van der Waals surface area contributed by atoms with Crippen molar-refractivity contribution in [3.8, 4) is 0 Å². The Labute approximate surface area is 159 Å². The first kappa shape index (κ1) is 19.0. The van der Waals surface area contributed by atoms with E-state index >= 15 is 0 Å². The lowest BCUT2D eigenvalue weighted by Crippen LogP contribution is -2.20. The van der Waals surface area contributed by atoms with Crippen LogP contribution in [0.1, 0.15) is 45.8 Å². The molecule has 1 aromatic heterocycles. The molecule has 1 unspecified atom stereocenters. The Balaban J connectivity index is 1.71. The maximum absolute atomic E-state index is 11.9. The zero-order chi connectivity index (χ0) is 19.2. The highest BCUT2D eigenvalue weighted by molar-refractivity contribution is 5.94. The van der Waals surface area contributed by atoms with Crippen LogP contribution in [0, 0.1) is 0 Å². The molecule has 1 aliphatic rings. The number of benzene rings is 1. The molecule has 3 N–H and O–H groups in total. The highest BCUT2D eigenvalue weighted by Gasteiger charge is 2.21. The van der Waals surface area contributed by atoms with Crippen LogP contribution in [0.5, 0.6) is 0 Å². The van der Waals surface area contributed by atoms with Crippen molar-refractivity contribution >= 4 is 17.6 Å². The van der Waals surface area contributed by atoms with E-state index < -0.39 is 0 Å². The number of aromatic nitrogens is 1. The summed E-state index contributed by atoms with van der Waals surface area (Å²) in [7, 11) is 3.47. The van der Waals surface area contributed by atoms with Gasteiger partial charge in [-0.05, 0) is 73.2 Å². The van der Waals surface area contributed by atoms with Crippen LogP contribution in [0.25, 0.3) is 0 Å². The minimum Gasteiger partial charge on any atom is -0.355 e. The van der Waals surface area contributed by atoms with Crippen LogP contribution < -0.4 is 16.0 Å². The van der Waals surface area contributed by atoms with Crippen molar-refractivity contribution in [1.82, 2.24) is 15.6 Å². The average molecular weight is 366 g/mol. The maximum Gasteiger partial charge on any atom is 0.251 e. The van der Waals surface area contributed by atoms with Gasteiger partial charge in [-0.15, -0.1) is 0 Å². The lowest BCUT2D eigenvalue weighted by Gasteiger charge is -2.25. The molecule has 0 radical (unpaired) electrons. The summed E-state index contributed by atoms with van der Waals surface area (Å²) in [6, 6.07) is 9.96. The number of hydrogen-bond acceptors (Lipinski definition) is 4. The predicted octanol–water partition coefficient (Wildman–Crippen LogP) is 2.26. The third-order valence-corrected chi connectivity index (χ3v) is 5.05. The van der Waals surface area contributed by atoms with E-state index in [1.165, 1.54) is 16.7 Å². The Morgan fingerprint density at radius 2 is 2.00 bits per heavy atom. The summed E-state index contributed by atoms with van der Waals surface area (Å²) in [6.45, 7) is 0.642. The molecule has 2 amide bonds. The van der Waals surface area contributed by atoms with Crippen molar-refractivity contribution in [2.24, 2.45) is 0 Å². The summed E-state index contributed by atoms with van der Waals surface area (Å²) in [4.78, 5) is 28.0. The fraction of sp³-hybridized carbons (Fsp3) is 0.381. The number of fused-ring (bicyclic) bond motifs is 1. The summed E-state index contributed by atoms with van der Waals surface area (Å²) in [5.74, 6) is 0.908. The number of amides is 2. The number of nitrogens with one attached hydrogen (secondary N) is 3. The fourth-order valence-corrected chi connectivity index (χ4v) is 3.54. The molecule has 6 nitrogen and oxygen atoms in total. The van der Waals surface area contributed by atoms with Crippen LogP contribution in [0.3, 0.4) is 0 Å². The lowest BCUT2D eigenvalue weighted by molar-refractivity contribution is -0.116. The highest BCUT2D eigenvalue weighted by atomic mass is 16.2. The van der Waals surface area contributed by atoms with Gasteiger partial charge < -0.3 is 16.0 Å². The van der Waals surface area contributed by atoms with Gasteiger partial charge in [-0.2, -0.15) is 0 Å². The Morgan fingerprint density at radius 1 is 1.15 bits per heavy atom. The van der Waals surface area contributed by atoms with Crippen molar-refractivity contribution in [1.29, 1.82) is 0 Å². The minimum absolute atomic E-state index is 0.0373. The monoisotopic (exact) mass is 366 g/mol. The molecule has 0 bridgehead atoms. The number of aryl methyl sites for hydroxylation is 1. The largest absolute Gasteiger partial charge is 0.355 e. The number of hydrogen-bond donors (Lipinski definition) is 3. The first-order chi connectivity index (χ1) is 13.1. The van der Waals surface area contributed by atoms with Crippen LogP contribution in [0.15, 0.2) is 36.5 Å². The molecular weight excluding hydrogens is 340 g/mol. The van der Waals surface area contributed by atoms with E-state index in [4.69, 9.17) is 0 Å². The fourth-order valence-electron chi connectivity index (χ4n) is 3.54. The van der Waals surface area contributed by atoms with Gasteiger partial charge in [-0.3, -0.25) is 9.59 Å². The van der Waals surface area contributed by atoms with Crippen LogP contribution in [0.2, 0.25) is 0 Å². The van der Waals surface area contributed by atoms with E-state index in [0.717, 1.165) is 19.3 Å². The summed E-state index contributed by atoms with van der Waals surface area (Å²) >= 11 is 0. The van der Waals surface area contributed by atoms with Gasteiger partial charge in [0.1, 0.15) is 5.82 Å².